The first-order valence-electron chi connectivity index (χ1n) is 7.90. The van der Waals surface area contributed by atoms with Crippen LogP contribution in [0.2, 0.25) is 5.02 Å². The summed E-state index contributed by atoms with van der Waals surface area (Å²) < 4.78 is 0. The second-order valence-electron chi connectivity index (χ2n) is 6.32. The van der Waals surface area contributed by atoms with Crippen LogP contribution in [-0.4, -0.2) is 0 Å². The Bertz CT molecular complexity index is 630. The number of halogens is 1. The number of hydrogen-bond acceptors (Lipinski definition) is 1. The summed E-state index contributed by atoms with van der Waals surface area (Å²) in [5.41, 5.74) is 4.39. The van der Waals surface area contributed by atoms with Crippen LogP contribution in [0.3, 0.4) is 0 Å². The van der Waals surface area contributed by atoms with E-state index in [0.717, 1.165) is 10.9 Å². The molecule has 2 heteroatoms. The second-order valence-corrected chi connectivity index (χ2v) is 6.76. The molecule has 0 aromatic heterocycles. The molecule has 0 spiro atoms. The lowest BCUT2D eigenvalue weighted by molar-refractivity contribution is 0.408. The zero-order valence-corrected chi connectivity index (χ0v) is 12.8. The largest absolute Gasteiger partial charge is 0.303 e. The highest BCUT2D eigenvalue weighted by molar-refractivity contribution is 6.30. The van der Waals surface area contributed by atoms with E-state index in [1.165, 1.54) is 42.4 Å². The number of fused-ring (bicyclic) bond motifs is 1. The summed E-state index contributed by atoms with van der Waals surface area (Å²) in [6, 6.07) is 18.2. The number of aryl methyl sites for hydroxylation is 1. The molecular formula is C19H20ClN. The SMILES string of the molecule is Clc1ccc(C(NC2CCc3ccccc32)C2CC2)cc1. The maximum atomic E-state index is 6.03. The quantitative estimate of drug-likeness (QED) is 0.831. The molecule has 21 heavy (non-hydrogen) atoms. The van der Waals surface area contributed by atoms with Crippen molar-refractivity contribution >= 4 is 11.6 Å². The third-order valence-corrected chi connectivity index (χ3v) is 5.09. The maximum Gasteiger partial charge on any atom is 0.0406 e. The number of rotatable bonds is 4. The van der Waals surface area contributed by atoms with E-state index >= 15 is 0 Å². The molecule has 0 saturated heterocycles. The van der Waals surface area contributed by atoms with Gasteiger partial charge in [0.25, 0.3) is 0 Å². The number of nitrogens with one attached hydrogen (secondary N) is 1. The lowest BCUT2D eigenvalue weighted by atomic mass is 9.99. The van der Waals surface area contributed by atoms with E-state index in [2.05, 4.69) is 41.7 Å². The van der Waals surface area contributed by atoms with Crippen LogP contribution in [0.5, 0.6) is 0 Å². The Balaban J connectivity index is 1.58. The summed E-state index contributed by atoms with van der Waals surface area (Å²) in [6.07, 6.45) is 5.10. The van der Waals surface area contributed by atoms with Crippen LogP contribution in [0.1, 0.15) is 48.0 Å². The van der Waals surface area contributed by atoms with Crippen molar-refractivity contribution in [3.63, 3.8) is 0 Å². The molecule has 4 rings (SSSR count). The van der Waals surface area contributed by atoms with Gasteiger partial charge in [-0.05, 0) is 60.4 Å². The van der Waals surface area contributed by atoms with Gasteiger partial charge in [0, 0.05) is 17.1 Å². The minimum absolute atomic E-state index is 0.471. The average molecular weight is 298 g/mol. The van der Waals surface area contributed by atoms with Gasteiger partial charge in [-0.15, -0.1) is 0 Å². The third kappa shape index (κ3) is 2.73. The minimum atomic E-state index is 0.471. The summed E-state index contributed by atoms with van der Waals surface area (Å²) >= 11 is 6.03. The van der Waals surface area contributed by atoms with Gasteiger partial charge in [0.05, 0.1) is 0 Å². The molecule has 108 valence electrons. The lowest BCUT2D eigenvalue weighted by Gasteiger charge is -2.24. The Labute approximate surface area is 131 Å². The third-order valence-electron chi connectivity index (χ3n) is 4.84. The molecule has 2 aliphatic rings. The van der Waals surface area contributed by atoms with Crippen molar-refractivity contribution in [3.8, 4) is 0 Å². The van der Waals surface area contributed by atoms with E-state index in [1.54, 1.807) is 0 Å². The summed E-state index contributed by atoms with van der Waals surface area (Å²) in [7, 11) is 0. The average Bonchev–Trinajstić information content (AvgIpc) is 3.27. The zero-order chi connectivity index (χ0) is 14.2. The number of benzene rings is 2. The molecule has 2 unspecified atom stereocenters. The van der Waals surface area contributed by atoms with Crippen molar-refractivity contribution in [3.05, 3.63) is 70.2 Å². The van der Waals surface area contributed by atoms with Crippen molar-refractivity contribution in [2.24, 2.45) is 5.92 Å². The molecule has 0 radical (unpaired) electrons. The normalized spacial score (nSPS) is 22.0. The van der Waals surface area contributed by atoms with E-state index in [4.69, 9.17) is 11.6 Å². The van der Waals surface area contributed by atoms with Gasteiger partial charge >= 0.3 is 0 Å². The number of hydrogen-bond donors (Lipinski definition) is 1. The molecule has 2 aromatic carbocycles. The van der Waals surface area contributed by atoms with E-state index < -0.39 is 0 Å². The lowest BCUT2D eigenvalue weighted by Crippen LogP contribution is -2.26. The fourth-order valence-corrected chi connectivity index (χ4v) is 3.68. The van der Waals surface area contributed by atoms with Crippen LogP contribution in [0.25, 0.3) is 0 Å². The molecule has 1 nitrogen and oxygen atoms in total. The van der Waals surface area contributed by atoms with Gasteiger partial charge in [0.2, 0.25) is 0 Å². The van der Waals surface area contributed by atoms with Gasteiger partial charge in [-0.2, -0.15) is 0 Å². The van der Waals surface area contributed by atoms with Crippen LogP contribution >= 0.6 is 11.6 Å². The summed E-state index contributed by atoms with van der Waals surface area (Å²) in [6.45, 7) is 0. The summed E-state index contributed by atoms with van der Waals surface area (Å²) in [5.74, 6) is 0.791. The molecule has 2 atom stereocenters. The Kier molecular flexibility index (Phi) is 3.48. The molecule has 0 aliphatic heterocycles. The summed E-state index contributed by atoms with van der Waals surface area (Å²) in [4.78, 5) is 0. The van der Waals surface area contributed by atoms with Crippen LogP contribution < -0.4 is 5.32 Å². The molecule has 1 fully saturated rings. The molecule has 0 heterocycles. The molecule has 0 bridgehead atoms. The van der Waals surface area contributed by atoms with Gasteiger partial charge in [-0.3, -0.25) is 0 Å². The maximum absolute atomic E-state index is 6.03. The van der Waals surface area contributed by atoms with Gasteiger partial charge in [-0.1, -0.05) is 48.0 Å². The van der Waals surface area contributed by atoms with E-state index in [9.17, 15) is 0 Å². The Morgan fingerprint density at radius 1 is 0.952 bits per heavy atom. The first-order chi connectivity index (χ1) is 10.3. The fourth-order valence-electron chi connectivity index (χ4n) is 3.55. The van der Waals surface area contributed by atoms with Crippen LogP contribution in [0.15, 0.2) is 48.5 Å². The Hall–Kier alpha value is -1.31. The van der Waals surface area contributed by atoms with Crippen molar-refractivity contribution < 1.29 is 0 Å². The standard InChI is InChI=1S/C19H20ClN/c20-16-10-7-15(8-11-16)19(14-5-6-14)21-18-12-9-13-3-1-2-4-17(13)18/h1-4,7-8,10-11,14,18-19,21H,5-6,9,12H2. The van der Waals surface area contributed by atoms with E-state index in [-0.39, 0.29) is 0 Å². The Morgan fingerprint density at radius 3 is 2.48 bits per heavy atom. The van der Waals surface area contributed by atoms with Crippen molar-refractivity contribution in [2.75, 3.05) is 0 Å². The van der Waals surface area contributed by atoms with Gasteiger partial charge < -0.3 is 5.32 Å². The predicted octanol–water partition coefficient (Wildman–Crippen LogP) is 5.07. The van der Waals surface area contributed by atoms with Crippen molar-refractivity contribution in [1.29, 1.82) is 0 Å². The van der Waals surface area contributed by atoms with Crippen molar-refractivity contribution in [2.45, 2.75) is 37.8 Å². The first kappa shape index (κ1) is 13.4. The minimum Gasteiger partial charge on any atom is -0.303 e. The molecule has 2 aliphatic carbocycles. The van der Waals surface area contributed by atoms with Gasteiger partial charge in [0.1, 0.15) is 0 Å². The van der Waals surface area contributed by atoms with Gasteiger partial charge in [-0.25, -0.2) is 0 Å². The monoisotopic (exact) mass is 297 g/mol. The Morgan fingerprint density at radius 2 is 1.71 bits per heavy atom. The highest BCUT2D eigenvalue weighted by atomic mass is 35.5. The smallest absolute Gasteiger partial charge is 0.0406 e. The molecule has 1 N–H and O–H groups in total. The van der Waals surface area contributed by atoms with E-state index in [0.29, 0.717) is 12.1 Å². The first-order valence-corrected chi connectivity index (χ1v) is 8.28. The molecular weight excluding hydrogens is 278 g/mol. The van der Waals surface area contributed by atoms with Crippen molar-refractivity contribution in [1.82, 2.24) is 5.32 Å². The summed E-state index contributed by atoms with van der Waals surface area (Å²) in [5, 5.41) is 4.75. The zero-order valence-electron chi connectivity index (χ0n) is 12.1. The topological polar surface area (TPSA) is 12.0 Å². The van der Waals surface area contributed by atoms with Crippen LogP contribution in [-0.2, 0) is 6.42 Å². The van der Waals surface area contributed by atoms with Crippen LogP contribution in [0.4, 0.5) is 0 Å². The van der Waals surface area contributed by atoms with Crippen LogP contribution in [0, 0.1) is 5.92 Å². The highest BCUT2D eigenvalue weighted by Gasteiger charge is 2.35. The van der Waals surface area contributed by atoms with E-state index in [1.807, 2.05) is 12.1 Å². The van der Waals surface area contributed by atoms with Gasteiger partial charge in [0.15, 0.2) is 0 Å². The molecule has 2 aromatic rings. The highest BCUT2D eigenvalue weighted by Crippen LogP contribution is 2.44. The molecule has 1 saturated carbocycles. The predicted molar refractivity (Wildman–Crippen MR) is 87.6 cm³/mol. The second kappa shape index (κ2) is 5.47. The molecule has 0 amide bonds. The fraction of sp³-hybridized carbons (Fsp3) is 0.368.